The molecule has 3 aliphatic rings. The van der Waals surface area contributed by atoms with Crippen LogP contribution in [0.25, 0.3) is 0 Å². The maximum Gasteiger partial charge on any atom is 0.309 e. The number of ketones is 5. The molecule has 0 heterocycles. The number of Topliss-reactive ketones (excluding diaryl/α,β-unsaturated/α-hetero) is 5. The smallest absolute Gasteiger partial charge is 0.309 e. The van der Waals surface area contributed by atoms with Crippen molar-refractivity contribution in [2.45, 2.75) is 56.8 Å². The Morgan fingerprint density at radius 1 is 1.02 bits per heavy atom. The Morgan fingerprint density at radius 2 is 1.59 bits per heavy atom. The van der Waals surface area contributed by atoms with E-state index in [1.807, 2.05) is 0 Å². The van der Waals surface area contributed by atoms with Gasteiger partial charge in [0.2, 0.25) is 0 Å². The molecule has 0 saturated heterocycles. The predicted molar refractivity (Wildman–Crippen MR) is 140 cm³/mol. The van der Waals surface area contributed by atoms with E-state index in [2.05, 4.69) is 0 Å². The second-order valence-corrected chi connectivity index (χ2v) is 12.0. The number of rotatable bonds is 7. The first-order valence-electron chi connectivity index (χ1n) is 12.9. The average molecular weight is 592 g/mol. The van der Waals surface area contributed by atoms with Crippen molar-refractivity contribution in [2.24, 2.45) is 17.8 Å². The number of hydrogen-bond acceptors (Lipinski definition) is 12. The third-order valence-electron chi connectivity index (χ3n) is 6.87. The number of ether oxygens (including phenoxy) is 1. The number of benzene rings is 1. The lowest BCUT2D eigenvalue weighted by Gasteiger charge is -2.21. The van der Waals surface area contributed by atoms with Gasteiger partial charge in [0.25, 0.3) is 5.69 Å². The number of carbonyl (C=O) groups excluding carboxylic acids is 6. The largest absolute Gasteiger partial charge is 0.511 e. The summed E-state index contributed by atoms with van der Waals surface area (Å²) in [4.78, 5) is 81.2. The van der Waals surface area contributed by atoms with E-state index in [1.54, 1.807) is 6.92 Å². The summed E-state index contributed by atoms with van der Waals surface area (Å²) in [7, 11) is -3.70. The molecule has 3 aliphatic carbocycles. The lowest BCUT2D eigenvalue weighted by molar-refractivity contribution is -0.385. The highest BCUT2D eigenvalue weighted by atomic mass is 32.2. The second kappa shape index (κ2) is 12.6. The standard InChI is InChI=1S/C14H13NO7S.C13H16O5/c1-23(21,22)8-5-6-9(10(7-8)15(19)20)14(18)13-11(16)3-2-4-12(13)17;1-2-18-13(17)8-5-9(14)11(10(15)6-8)12(16)7-3-4-7/h5-7,13H,2-4H2,1H3;7-8,16H,2-6H2,1H3. The molecule has 3 saturated carbocycles. The average Bonchev–Trinajstić information content (AvgIpc) is 3.73. The molecule has 14 heteroatoms. The number of nitro groups is 1. The van der Waals surface area contributed by atoms with Crippen LogP contribution in [-0.4, -0.2) is 66.2 Å². The molecular formula is C27H29NO12S. The van der Waals surface area contributed by atoms with E-state index in [4.69, 9.17) is 4.74 Å². The van der Waals surface area contributed by atoms with Crippen molar-refractivity contribution in [3.63, 3.8) is 0 Å². The normalized spacial score (nSPS) is 19.8. The van der Waals surface area contributed by atoms with Crippen LogP contribution in [0.3, 0.4) is 0 Å². The molecule has 1 aromatic carbocycles. The predicted octanol–water partition coefficient (Wildman–Crippen LogP) is 2.44. The molecule has 0 aliphatic heterocycles. The van der Waals surface area contributed by atoms with Gasteiger partial charge in [0, 0.05) is 43.9 Å². The quantitative estimate of drug-likeness (QED) is 0.0708. The highest BCUT2D eigenvalue weighted by molar-refractivity contribution is 7.90. The van der Waals surface area contributed by atoms with Crippen LogP contribution < -0.4 is 0 Å². The summed E-state index contributed by atoms with van der Waals surface area (Å²) in [5, 5.41) is 20.9. The fourth-order valence-corrected chi connectivity index (χ4v) is 5.25. The topological polar surface area (TPSA) is 209 Å². The van der Waals surface area contributed by atoms with Crippen LogP contribution in [0.15, 0.2) is 34.4 Å². The molecule has 0 spiro atoms. The van der Waals surface area contributed by atoms with Crippen molar-refractivity contribution < 1.29 is 52.0 Å². The minimum atomic E-state index is -3.70. The molecule has 13 nitrogen and oxygen atoms in total. The van der Waals surface area contributed by atoms with Crippen LogP contribution in [-0.2, 0) is 38.5 Å². The number of aliphatic hydroxyl groups is 1. The number of carbonyl (C=O) groups is 6. The monoisotopic (exact) mass is 591 g/mol. The molecule has 0 unspecified atom stereocenters. The Morgan fingerprint density at radius 3 is 2.05 bits per heavy atom. The summed E-state index contributed by atoms with van der Waals surface area (Å²) in [5.41, 5.74) is -1.25. The number of esters is 1. The summed E-state index contributed by atoms with van der Waals surface area (Å²) >= 11 is 0. The van der Waals surface area contributed by atoms with Gasteiger partial charge in [0.15, 0.2) is 38.8 Å². The fourth-order valence-electron chi connectivity index (χ4n) is 4.61. The molecule has 41 heavy (non-hydrogen) atoms. The van der Waals surface area contributed by atoms with Crippen LogP contribution in [0.1, 0.15) is 62.2 Å². The molecule has 0 bridgehead atoms. The number of nitrogens with zero attached hydrogens (tertiary/aromatic N) is 1. The van der Waals surface area contributed by atoms with E-state index >= 15 is 0 Å². The van der Waals surface area contributed by atoms with Gasteiger partial charge in [-0.25, -0.2) is 8.42 Å². The van der Waals surface area contributed by atoms with E-state index in [1.165, 1.54) is 0 Å². The molecular weight excluding hydrogens is 562 g/mol. The third-order valence-corrected chi connectivity index (χ3v) is 7.98. The van der Waals surface area contributed by atoms with Crippen molar-refractivity contribution in [3.05, 3.63) is 45.2 Å². The maximum atomic E-state index is 12.4. The summed E-state index contributed by atoms with van der Waals surface area (Å²) < 4.78 is 27.8. The van der Waals surface area contributed by atoms with Gasteiger partial charge in [0.05, 0.1) is 33.5 Å². The van der Waals surface area contributed by atoms with Crippen LogP contribution in [0.4, 0.5) is 5.69 Å². The zero-order valence-electron chi connectivity index (χ0n) is 22.4. The minimum absolute atomic E-state index is 0.0351. The van der Waals surface area contributed by atoms with Crippen molar-refractivity contribution >= 4 is 50.4 Å². The highest BCUT2D eigenvalue weighted by Crippen LogP contribution is 2.39. The van der Waals surface area contributed by atoms with Crippen molar-refractivity contribution in [1.82, 2.24) is 0 Å². The van der Waals surface area contributed by atoms with Crippen molar-refractivity contribution in [3.8, 4) is 0 Å². The number of hydrogen-bond donors (Lipinski definition) is 1. The molecule has 3 fully saturated rings. The van der Waals surface area contributed by atoms with Gasteiger partial charge in [-0.05, 0) is 38.3 Å². The second-order valence-electron chi connectivity index (χ2n) is 10.0. The van der Waals surface area contributed by atoms with Crippen LogP contribution in [0.5, 0.6) is 0 Å². The van der Waals surface area contributed by atoms with Gasteiger partial charge in [-0.15, -0.1) is 0 Å². The summed E-state index contributed by atoms with van der Waals surface area (Å²) in [6.45, 7) is 1.91. The van der Waals surface area contributed by atoms with Crippen molar-refractivity contribution in [2.75, 3.05) is 12.9 Å². The highest BCUT2D eigenvalue weighted by Gasteiger charge is 2.41. The molecule has 0 atom stereocenters. The molecule has 220 valence electrons. The summed E-state index contributed by atoms with van der Waals surface area (Å²) in [6.07, 6.45) is 2.91. The zero-order chi connectivity index (χ0) is 30.6. The molecule has 1 aromatic rings. The van der Waals surface area contributed by atoms with E-state index in [-0.39, 0.29) is 54.4 Å². The first-order valence-corrected chi connectivity index (χ1v) is 14.8. The first kappa shape index (κ1) is 31.5. The fraction of sp³-hybridized carbons (Fsp3) is 0.481. The van der Waals surface area contributed by atoms with Gasteiger partial charge in [-0.2, -0.15) is 0 Å². The van der Waals surface area contributed by atoms with Gasteiger partial charge >= 0.3 is 5.97 Å². The van der Waals surface area contributed by atoms with E-state index < -0.39 is 72.7 Å². The van der Waals surface area contributed by atoms with Gasteiger partial charge < -0.3 is 9.84 Å². The molecule has 0 aromatic heterocycles. The summed E-state index contributed by atoms with van der Waals surface area (Å²) in [6, 6.07) is 2.79. The number of sulfone groups is 1. The molecule has 4 rings (SSSR count). The molecule has 0 amide bonds. The van der Waals surface area contributed by atoms with E-state index in [0.29, 0.717) is 6.42 Å². The molecule has 0 radical (unpaired) electrons. The maximum absolute atomic E-state index is 12.4. The Labute approximate surface area is 235 Å². The zero-order valence-corrected chi connectivity index (χ0v) is 23.2. The van der Waals surface area contributed by atoms with Gasteiger partial charge in [-0.3, -0.25) is 38.9 Å². The van der Waals surface area contributed by atoms with Gasteiger partial charge in [0.1, 0.15) is 11.7 Å². The number of aliphatic hydroxyl groups excluding tert-OH is 1. The Hall–Kier alpha value is -4.07. The minimum Gasteiger partial charge on any atom is -0.511 e. The summed E-state index contributed by atoms with van der Waals surface area (Å²) in [5.74, 6) is -5.80. The van der Waals surface area contributed by atoms with Crippen LogP contribution >= 0.6 is 0 Å². The molecule has 1 N–H and O–H groups in total. The number of nitro benzene ring substituents is 1. The van der Waals surface area contributed by atoms with E-state index in [0.717, 1.165) is 37.3 Å². The Kier molecular flexibility index (Phi) is 9.69. The van der Waals surface area contributed by atoms with Crippen LogP contribution in [0, 0.1) is 27.9 Å². The SMILES string of the molecule is CCOC(=O)C1CC(=O)C(=C(O)C2CC2)C(=O)C1.CS(=O)(=O)c1ccc(C(=O)C2C(=O)CCCC2=O)c([N+](=O)[O-])c1. The van der Waals surface area contributed by atoms with E-state index in [9.17, 15) is 52.4 Å². The third kappa shape index (κ3) is 7.37. The Balaban J connectivity index is 0.000000232. The lowest BCUT2D eigenvalue weighted by Crippen LogP contribution is -2.35. The Bertz CT molecular complexity index is 1430. The lowest BCUT2D eigenvalue weighted by atomic mass is 9.81. The van der Waals surface area contributed by atoms with Crippen molar-refractivity contribution in [1.29, 1.82) is 0 Å². The number of allylic oxidation sites excluding steroid dienone is 2. The van der Waals surface area contributed by atoms with Gasteiger partial charge in [-0.1, -0.05) is 0 Å². The first-order chi connectivity index (χ1) is 19.2. The van der Waals surface area contributed by atoms with Crippen LogP contribution in [0.2, 0.25) is 0 Å².